The van der Waals surface area contributed by atoms with Gasteiger partial charge in [0, 0.05) is 26.5 Å². The summed E-state index contributed by atoms with van der Waals surface area (Å²) in [6, 6.07) is 0. The van der Waals surface area contributed by atoms with Crippen LogP contribution in [-0.2, 0) is 0 Å². The Balaban J connectivity index is 3.36. The van der Waals surface area contributed by atoms with Crippen molar-refractivity contribution in [1.82, 2.24) is 32.3 Å². The molecule has 0 aromatic carbocycles. The fraction of sp³-hybridized carbons (Fsp3) is 0.333. The number of hydrazine groups is 2. The first-order valence-electron chi connectivity index (χ1n) is 3.82. The molecule has 0 aromatic heterocycles. The molecule has 6 N–H and O–H groups in total. The predicted octanol–water partition coefficient (Wildman–Crippen LogP) is -1.35. The third-order valence-electron chi connectivity index (χ3n) is 1.08. The van der Waals surface area contributed by atoms with E-state index in [0.717, 1.165) is 0 Å². The molecule has 80 valence electrons. The van der Waals surface area contributed by atoms with Gasteiger partial charge < -0.3 is 21.5 Å². The Morgan fingerprint density at radius 3 is 1.50 bits per heavy atom. The van der Waals surface area contributed by atoms with Crippen LogP contribution in [0.4, 0.5) is 0 Å². The molecule has 0 spiro atoms. The summed E-state index contributed by atoms with van der Waals surface area (Å²) in [6.07, 6.45) is 3.24. The molecule has 0 heterocycles. The highest BCUT2D eigenvalue weighted by atomic mass is 32.1. The number of hydrogen-bond donors (Lipinski definition) is 6. The molecule has 0 rings (SSSR count). The van der Waals surface area contributed by atoms with Crippen LogP contribution in [0, 0.1) is 0 Å². The lowest BCUT2D eigenvalue weighted by molar-refractivity contribution is 0.763. The van der Waals surface area contributed by atoms with Gasteiger partial charge in [0.25, 0.3) is 0 Å². The van der Waals surface area contributed by atoms with Crippen molar-refractivity contribution in [2.75, 3.05) is 14.1 Å². The van der Waals surface area contributed by atoms with Gasteiger partial charge in [-0.2, -0.15) is 0 Å². The van der Waals surface area contributed by atoms with Crippen LogP contribution in [0.25, 0.3) is 0 Å². The lowest BCUT2D eigenvalue weighted by atomic mass is 10.9. The van der Waals surface area contributed by atoms with E-state index >= 15 is 0 Å². The third kappa shape index (κ3) is 7.37. The summed E-state index contributed by atoms with van der Waals surface area (Å²) in [6.45, 7) is 0. The zero-order chi connectivity index (χ0) is 10.8. The van der Waals surface area contributed by atoms with Crippen LogP contribution in [0.2, 0.25) is 0 Å². The average Bonchev–Trinajstić information content (AvgIpc) is 2.22. The van der Waals surface area contributed by atoms with Crippen molar-refractivity contribution in [1.29, 1.82) is 0 Å². The highest BCUT2D eigenvalue weighted by Crippen LogP contribution is 1.61. The molecule has 6 nitrogen and oxygen atoms in total. The summed E-state index contributed by atoms with van der Waals surface area (Å²) in [5.74, 6) is 0. The van der Waals surface area contributed by atoms with Crippen LogP contribution >= 0.6 is 24.4 Å². The van der Waals surface area contributed by atoms with Gasteiger partial charge in [0.2, 0.25) is 0 Å². The Morgan fingerprint density at radius 1 is 0.857 bits per heavy atom. The van der Waals surface area contributed by atoms with E-state index in [0.29, 0.717) is 10.2 Å². The Bertz CT molecular complexity index is 194. The van der Waals surface area contributed by atoms with Crippen LogP contribution in [0.3, 0.4) is 0 Å². The molecule has 0 amide bonds. The fourth-order valence-electron chi connectivity index (χ4n) is 0.423. The SMILES string of the molecule is CNC(=S)NN/C=C\NNC(=S)NC. The van der Waals surface area contributed by atoms with Crippen molar-refractivity contribution < 1.29 is 0 Å². The summed E-state index contributed by atoms with van der Waals surface area (Å²) < 4.78 is 0. The molecule has 0 unspecified atom stereocenters. The molecular weight excluding hydrogens is 220 g/mol. The van der Waals surface area contributed by atoms with E-state index < -0.39 is 0 Å². The van der Waals surface area contributed by atoms with E-state index in [-0.39, 0.29) is 0 Å². The molecule has 0 radical (unpaired) electrons. The van der Waals surface area contributed by atoms with Crippen molar-refractivity contribution in [3.8, 4) is 0 Å². The van der Waals surface area contributed by atoms with Gasteiger partial charge in [-0.1, -0.05) is 0 Å². The van der Waals surface area contributed by atoms with Gasteiger partial charge in [-0.05, 0) is 24.4 Å². The van der Waals surface area contributed by atoms with Crippen molar-refractivity contribution in [2.24, 2.45) is 0 Å². The molecule has 0 saturated heterocycles. The summed E-state index contributed by atoms with van der Waals surface area (Å²) in [5, 5.41) is 6.50. The minimum atomic E-state index is 0.508. The van der Waals surface area contributed by atoms with Gasteiger partial charge in [0.15, 0.2) is 10.2 Å². The van der Waals surface area contributed by atoms with Crippen LogP contribution in [-0.4, -0.2) is 24.3 Å². The lowest BCUT2D eigenvalue weighted by Gasteiger charge is -2.07. The topological polar surface area (TPSA) is 72.2 Å². The molecule has 0 aliphatic heterocycles. The minimum absolute atomic E-state index is 0.508. The fourth-order valence-corrected chi connectivity index (χ4v) is 0.541. The summed E-state index contributed by atoms with van der Waals surface area (Å²) in [7, 11) is 3.46. The van der Waals surface area contributed by atoms with Gasteiger partial charge >= 0.3 is 0 Å². The van der Waals surface area contributed by atoms with E-state index in [1.165, 1.54) is 0 Å². The number of nitrogens with one attached hydrogen (secondary N) is 6. The van der Waals surface area contributed by atoms with Crippen LogP contribution in [0.15, 0.2) is 12.4 Å². The van der Waals surface area contributed by atoms with Crippen LogP contribution in [0.1, 0.15) is 0 Å². The van der Waals surface area contributed by atoms with Crippen molar-refractivity contribution in [3.05, 3.63) is 12.4 Å². The Kier molecular flexibility index (Phi) is 7.56. The number of hydrogen-bond acceptors (Lipinski definition) is 4. The summed E-state index contributed by atoms with van der Waals surface area (Å²) in [5.41, 5.74) is 10.9. The molecule has 14 heavy (non-hydrogen) atoms. The molecule has 0 bridgehead atoms. The minimum Gasteiger partial charge on any atom is -0.364 e. The highest BCUT2D eigenvalue weighted by molar-refractivity contribution is 7.80. The van der Waals surface area contributed by atoms with Gasteiger partial charge in [-0.25, -0.2) is 0 Å². The normalized spacial score (nSPS) is 9.00. The van der Waals surface area contributed by atoms with Gasteiger partial charge in [0.05, 0.1) is 0 Å². The van der Waals surface area contributed by atoms with E-state index in [1.807, 2.05) is 0 Å². The van der Waals surface area contributed by atoms with E-state index in [4.69, 9.17) is 24.4 Å². The first-order chi connectivity index (χ1) is 6.70. The van der Waals surface area contributed by atoms with E-state index in [2.05, 4.69) is 32.3 Å². The first kappa shape index (κ1) is 12.7. The summed E-state index contributed by atoms with van der Waals surface area (Å²) in [4.78, 5) is 0. The molecule has 0 aliphatic carbocycles. The Labute approximate surface area is 93.8 Å². The molecule has 0 saturated carbocycles. The molecule has 0 aromatic rings. The zero-order valence-corrected chi connectivity index (χ0v) is 9.60. The molecular formula is C6H14N6S2. The highest BCUT2D eigenvalue weighted by Gasteiger charge is 1.84. The average molecular weight is 234 g/mol. The maximum Gasteiger partial charge on any atom is 0.184 e. The zero-order valence-electron chi connectivity index (χ0n) is 7.97. The number of rotatable bonds is 4. The predicted molar refractivity (Wildman–Crippen MR) is 65.0 cm³/mol. The largest absolute Gasteiger partial charge is 0.364 e. The molecule has 0 aliphatic rings. The van der Waals surface area contributed by atoms with Crippen molar-refractivity contribution in [3.63, 3.8) is 0 Å². The number of thiocarbonyl (C=S) groups is 2. The van der Waals surface area contributed by atoms with Gasteiger partial charge in [0.1, 0.15) is 0 Å². The monoisotopic (exact) mass is 234 g/mol. The standard InChI is InChI=1S/C6H14N6S2/c1-7-5(13)11-9-3-4-10-12-6(14)8-2/h3-4,9-10H,1-2H3,(H2,7,11,13)(H2,8,12,14)/b4-3-. The maximum absolute atomic E-state index is 4.81. The maximum atomic E-state index is 4.81. The second-order valence-electron chi connectivity index (χ2n) is 2.03. The quantitative estimate of drug-likeness (QED) is 0.264. The van der Waals surface area contributed by atoms with E-state index in [1.54, 1.807) is 26.5 Å². The Morgan fingerprint density at radius 2 is 1.21 bits per heavy atom. The smallest absolute Gasteiger partial charge is 0.184 e. The van der Waals surface area contributed by atoms with Crippen molar-refractivity contribution in [2.45, 2.75) is 0 Å². The van der Waals surface area contributed by atoms with Crippen LogP contribution < -0.4 is 32.3 Å². The second kappa shape index (κ2) is 8.32. The summed E-state index contributed by atoms with van der Waals surface area (Å²) >= 11 is 9.62. The molecule has 0 fully saturated rings. The molecule has 0 atom stereocenters. The van der Waals surface area contributed by atoms with Crippen LogP contribution in [0.5, 0.6) is 0 Å². The third-order valence-corrected chi connectivity index (χ3v) is 1.69. The van der Waals surface area contributed by atoms with E-state index in [9.17, 15) is 0 Å². The Hall–Kier alpha value is -1.28. The van der Waals surface area contributed by atoms with Gasteiger partial charge in [-0.3, -0.25) is 10.9 Å². The second-order valence-corrected chi connectivity index (χ2v) is 2.85. The van der Waals surface area contributed by atoms with Gasteiger partial charge in [-0.15, -0.1) is 0 Å². The first-order valence-corrected chi connectivity index (χ1v) is 4.64. The molecule has 8 heteroatoms. The van der Waals surface area contributed by atoms with Crippen molar-refractivity contribution >= 4 is 34.7 Å². The lowest BCUT2D eigenvalue weighted by Crippen LogP contribution is -2.41.